The maximum Gasteiger partial charge on any atom is 0.284 e. The molecule has 3 atom stereocenters. The van der Waals surface area contributed by atoms with Crippen LogP contribution in [0.25, 0.3) is 10.2 Å². The van der Waals surface area contributed by atoms with E-state index in [-0.39, 0.29) is 58.6 Å². The standard InChI is InChI=1S/C28H32N6O6S2/c1-17-12-34(18(2)15-35)28(37)19-8-7-10-21(30-26(36)27-31-20-9-5-6-11-23(20)41-27)25(19)40-22(17)13-33(4)42(38,39)24-14-32(3)16-29-24/h5-11,14,16-18,22,35H,12-13,15H2,1-4H3,(H,30,36)/t17-,18+,22-/m1/s1. The largest absolute Gasteiger partial charge is 0.486 e. The van der Waals surface area contributed by atoms with Gasteiger partial charge in [-0.2, -0.15) is 4.31 Å². The van der Waals surface area contributed by atoms with E-state index in [4.69, 9.17) is 4.74 Å². The number of likely N-dealkylation sites (N-methyl/N-ethyl adjacent to an activating group) is 1. The zero-order chi connectivity index (χ0) is 30.2. The van der Waals surface area contributed by atoms with Gasteiger partial charge in [-0.3, -0.25) is 9.59 Å². The summed E-state index contributed by atoms with van der Waals surface area (Å²) in [6, 6.07) is 11.7. The molecule has 0 radical (unpaired) electrons. The number of hydrogen-bond acceptors (Lipinski definition) is 9. The van der Waals surface area contributed by atoms with Crippen LogP contribution in [0.5, 0.6) is 5.75 Å². The Morgan fingerprint density at radius 1 is 1.26 bits per heavy atom. The van der Waals surface area contributed by atoms with E-state index in [9.17, 15) is 23.1 Å². The minimum atomic E-state index is -3.94. The van der Waals surface area contributed by atoms with Crippen LogP contribution in [-0.4, -0.2) is 88.0 Å². The minimum Gasteiger partial charge on any atom is -0.486 e. The first-order valence-electron chi connectivity index (χ1n) is 13.3. The third kappa shape index (κ3) is 5.75. The van der Waals surface area contributed by atoms with Crippen molar-refractivity contribution in [3.05, 3.63) is 65.6 Å². The monoisotopic (exact) mass is 612 g/mol. The quantitative estimate of drug-likeness (QED) is 0.309. The van der Waals surface area contributed by atoms with E-state index < -0.39 is 28.1 Å². The number of sulfonamides is 1. The lowest BCUT2D eigenvalue weighted by molar-refractivity contribution is 0.0388. The van der Waals surface area contributed by atoms with Crippen LogP contribution in [0.15, 0.2) is 60.0 Å². The second-order valence-electron chi connectivity index (χ2n) is 10.4. The molecule has 1 aliphatic rings. The minimum absolute atomic E-state index is 0.0603. The van der Waals surface area contributed by atoms with Crippen LogP contribution < -0.4 is 10.1 Å². The lowest BCUT2D eigenvalue weighted by atomic mass is 9.99. The number of ether oxygens (including phenoxy) is 1. The number of aryl methyl sites for hydroxylation is 1. The van der Waals surface area contributed by atoms with E-state index in [1.165, 1.54) is 35.2 Å². The SMILES string of the molecule is C[C@@H]1CN([C@@H](C)CO)C(=O)c2cccc(NC(=O)c3nc4ccccc4s3)c2O[C@@H]1CN(C)S(=O)(=O)c1cn(C)cn1. The molecule has 1 aliphatic heterocycles. The number of nitrogens with zero attached hydrogens (tertiary/aromatic N) is 5. The van der Waals surface area contributed by atoms with Gasteiger partial charge >= 0.3 is 0 Å². The first kappa shape index (κ1) is 29.6. The molecule has 2 aromatic heterocycles. The number of anilines is 1. The molecule has 12 nitrogen and oxygen atoms in total. The molecule has 0 unspecified atom stereocenters. The summed E-state index contributed by atoms with van der Waals surface area (Å²) in [5.74, 6) is -1.08. The van der Waals surface area contributed by atoms with E-state index in [0.29, 0.717) is 5.52 Å². The Hall–Kier alpha value is -3.85. The van der Waals surface area contributed by atoms with E-state index in [1.54, 1.807) is 41.6 Å². The molecule has 42 heavy (non-hydrogen) atoms. The molecule has 2 amide bonds. The van der Waals surface area contributed by atoms with Crippen molar-refractivity contribution in [2.24, 2.45) is 13.0 Å². The number of nitrogens with one attached hydrogen (secondary N) is 1. The lowest BCUT2D eigenvalue weighted by Gasteiger charge is -2.38. The van der Waals surface area contributed by atoms with Gasteiger partial charge in [-0.25, -0.2) is 18.4 Å². The van der Waals surface area contributed by atoms with Crippen LogP contribution in [0.1, 0.15) is 34.0 Å². The fourth-order valence-corrected chi connectivity index (χ4v) is 6.74. The van der Waals surface area contributed by atoms with Gasteiger partial charge in [-0.05, 0) is 31.2 Å². The molecule has 0 spiro atoms. The molecule has 3 heterocycles. The summed E-state index contributed by atoms with van der Waals surface area (Å²) < 4.78 is 36.6. The smallest absolute Gasteiger partial charge is 0.284 e. The van der Waals surface area contributed by atoms with Crippen LogP contribution >= 0.6 is 11.3 Å². The summed E-state index contributed by atoms with van der Waals surface area (Å²) in [6.45, 7) is 3.47. The van der Waals surface area contributed by atoms with Crippen molar-refractivity contribution in [3.8, 4) is 5.75 Å². The number of aliphatic hydroxyl groups is 1. The van der Waals surface area contributed by atoms with Gasteiger partial charge in [0.25, 0.3) is 21.8 Å². The molecule has 222 valence electrons. The van der Waals surface area contributed by atoms with Crippen LogP contribution in [0, 0.1) is 5.92 Å². The zero-order valence-electron chi connectivity index (χ0n) is 23.6. The first-order chi connectivity index (χ1) is 20.0. The molecule has 0 bridgehead atoms. The highest BCUT2D eigenvalue weighted by atomic mass is 32.2. The summed E-state index contributed by atoms with van der Waals surface area (Å²) in [5, 5.41) is 12.9. The summed E-state index contributed by atoms with van der Waals surface area (Å²) in [6.07, 6.45) is 2.10. The predicted octanol–water partition coefficient (Wildman–Crippen LogP) is 2.82. The third-order valence-corrected chi connectivity index (χ3v) is 9.96. The van der Waals surface area contributed by atoms with Gasteiger partial charge in [0.2, 0.25) is 0 Å². The number of thiazole rings is 1. The molecular weight excluding hydrogens is 580 g/mol. The number of hydrogen-bond donors (Lipinski definition) is 2. The molecule has 14 heteroatoms. The molecule has 0 aliphatic carbocycles. The number of carbonyl (C=O) groups excluding carboxylic acids is 2. The van der Waals surface area contributed by atoms with Gasteiger partial charge in [0.15, 0.2) is 15.8 Å². The maximum atomic E-state index is 13.7. The van der Waals surface area contributed by atoms with Crippen molar-refractivity contribution in [2.45, 2.75) is 31.0 Å². The number of aromatic nitrogens is 3. The Labute approximate surface area is 247 Å². The number of rotatable bonds is 8. The lowest BCUT2D eigenvalue weighted by Crippen LogP contribution is -2.50. The average Bonchev–Trinajstić information content (AvgIpc) is 3.61. The Kier molecular flexibility index (Phi) is 8.32. The summed E-state index contributed by atoms with van der Waals surface area (Å²) >= 11 is 1.24. The third-order valence-electron chi connectivity index (χ3n) is 7.22. The van der Waals surface area contributed by atoms with Crippen LogP contribution in [0.3, 0.4) is 0 Å². The molecule has 2 N–H and O–H groups in total. The van der Waals surface area contributed by atoms with Crippen molar-refractivity contribution in [3.63, 3.8) is 0 Å². The zero-order valence-corrected chi connectivity index (χ0v) is 25.2. The molecular formula is C28H32N6O6S2. The van der Waals surface area contributed by atoms with Gasteiger partial charge in [-0.15, -0.1) is 11.3 Å². The Bertz CT molecular complexity index is 1700. The van der Waals surface area contributed by atoms with Crippen molar-refractivity contribution < 1.29 is 27.9 Å². The number of amides is 2. The number of carbonyl (C=O) groups is 2. The molecule has 0 fully saturated rings. The van der Waals surface area contributed by atoms with Gasteiger partial charge in [0, 0.05) is 32.8 Å². The fourth-order valence-electron chi connectivity index (χ4n) is 4.74. The average molecular weight is 613 g/mol. The first-order valence-corrected chi connectivity index (χ1v) is 15.6. The highest BCUT2D eigenvalue weighted by Gasteiger charge is 2.36. The van der Waals surface area contributed by atoms with Gasteiger partial charge < -0.3 is 24.6 Å². The van der Waals surface area contributed by atoms with Crippen molar-refractivity contribution >= 4 is 49.1 Å². The van der Waals surface area contributed by atoms with E-state index >= 15 is 0 Å². The molecule has 2 aromatic carbocycles. The van der Waals surface area contributed by atoms with Crippen molar-refractivity contribution in [2.75, 3.05) is 32.1 Å². The summed E-state index contributed by atoms with van der Waals surface area (Å²) in [5.41, 5.74) is 1.13. The maximum absolute atomic E-state index is 13.7. The van der Waals surface area contributed by atoms with E-state index in [1.807, 2.05) is 31.2 Å². The van der Waals surface area contributed by atoms with Gasteiger partial charge in [0.1, 0.15) is 6.10 Å². The Balaban J connectivity index is 1.51. The number of benzene rings is 2. The van der Waals surface area contributed by atoms with Crippen molar-refractivity contribution in [1.82, 2.24) is 23.7 Å². The van der Waals surface area contributed by atoms with E-state index in [2.05, 4.69) is 15.3 Å². The topological polar surface area (TPSA) is 147 Å². The highest BCUT2D eigenvalue weighted by Crippen LogP contribution is 2.36. The predicted molar refractivity (Wildman–Crippen MR) is 158 cm³/mol. The molecule has 4 aromatic rings. The second kappa shape index (κ2) is 11.8. The van der Waals surface area contributed by atoms with Crippen LogP contribution in [-0.2, 0) is 17.1 Å². The van der Waals surface area contributed by atoms with E-state index in [0.717, 1.165) is 4.70 Å². The fraction of sp³-hybridized carbons (Fsp3) is 0.357. The number of aliphatic hydroxyl groups excluding tert-OH is 1. The van der Waals surface area contributed by atoms with Crippen molar-refractivity contribution in [1.29, 1.82) is 0 Å². The summed E-state index contributed by atoms with van der Waals surface area (Å²) in [7, 11) is -0.813. The normalized spacial score (nSPS) is 18.3. The molecule has 0 saturated carbocycles. The number of para-hydroxylation sites is 2. The Morgan fingerprint density at radius 2 is 2.02 bits per heavy atom. The summed E-state index contributed by atoms with van der Waals surface area (Å²) in [4.78, 5) is 37.0. The number of fused-ring (bicyclic) bond motifs is 2. The second-order valence-corrected chi connectivity index (χ2v) is 13.4. The van der Waals surface area contributed by atoms with Gasteiger partial charge in [-0.1, -0.05) is 25.1 Å². The van der Waals surface area contributed by atoms with Crippen LogP contribution in [0.4, 0.5) is 5.69 Å². The highest BCUT2D eigenvalue weighted by molar-refractivity contribution is 7.89. The molecule has 0 saturated heterocycles. The molecule has 5 rings (SSSR count). The van der Waals surface area contributed by atoms with Gasteiger partial charge in [0.05, 0.1) is 47.0 Å². The Morgan fingerprint density at radius 3 is 2.71 bits per heavy atom. The van der Waals surface area contributed by atoms with Crippen LogP contribution in [0.2, 0.25) is 0 Å². The number of imidazole rings is 1.